The zero-order valence-electron chi connectivity index (χ0n) is 8.91. The van der Waals surface area contributed by atoms with E-state index < -0.39 is 0 Å². The van der Waals surface area contributed by atoms with E-state index in [2.05, 4.69) is 12.2 Å². The third kappa shape index (κ3) is 2.27. The first kappa shape index (κ1) is 10.4. The Morgan fingerprint density at radius 2 is 1.93 bits per heavy atom. The molecule has 82 valence electrons. The fraction of sp³-hybridized carbons (Fsp3) is 1.00. The number of hydrogen-bond acceptors (Lipinski definition) is 3. The molecule has 0 bridgehead atoms. The number of ether oxygens (including phenoxy) is 1. The average Bonchev–Trinajstić information content (AvgIpc) is 2.56. The van der Waals surface area contributed by atoms with Gasteiger partial charge in [-0.05, 0) is 26.2 Å². The van der Waals surface area contributed by atoms with E-state index in [-0.39, 0.29) is 6.10 Å². The lowest BCUT2D eigenvalue weighted by Crippen LogP contribution is -2.49. The van der Waals surface area contributed by atoms with E-state index in [0.717, 1.165) is 25.9 Å². The Labute approximate surface area is 85.8 Å². The number of nitrogens with one attached hydrogen (secondary N) is 1. The molecule has 0 spiro atoms. The van der Waals surface area contributed by atoms with E-state index in [4.69, 9.17) is 4.74 Å². The average molecular weight is 199 g/mol. The third-order valence-corrected chi connectivity index (χ3v) is 3.53. The van der Waals surface area contributed by atoms with Gasteiger partial charge in [-0.1, -0.05) is 12.8 Å². The van der Waals surface area contributed by atoms with Crippen LogP contribution in [0.2, 0.25) is 0 Å². The van der Waals surface area contributed by atoms with Crippen LogP contribution in [0.15, 0.2) is 0 Å². The Morgan fingerprint density at radius 1 is 1.14 bits per heavy atom. The summed E-state index contributed by atoms with van der Waals surface area (Å²) in [5.74, 6) is 0. The minimum absolute atomic E-state index is 0.142. The molecule has 1 aliphatic heterocycles. The highest BCUT2D eigenvalue weighted by molar-refractivity contribution is 4.87. The van der Waals surface area contributed by atoms with E-state index in [9.17, 15) is 5.11 Å². The molecule has 2 unspecified atom stereocenters. The smallest absolute Gasteiger partial charge is 0.0700 e. The van der Waals surface area contributed by atoms with Crippen molar-refractivity contribution in [2.75, 3.05) is 6.61 Å². The molecule has 2 aliphatic rings. The maximum Gasteiger partial charge on any atom is 0.0700 e. The molecule has 1 heterocycles. The van der Waals surface area contributed by atoms with Crippen molar-refractivity contribution in [3.8, 4) is 0 Å². The molecule has 0 radical (unpaired) electrons. The van der Waals surface area contributed by atoms with Crippen molar-refractivity contribution in [1.82, 2.24) is 5.32 Å². The zero-order valence-corrected chi connectivity index (χ0v) is 8.91. The third-order valence-electron chi connectivity index (χ3n) is 3.53. The van der Waals surface area contributed by atoms with Crippen LogP contribution in [-0.4, -0.2) is 36.0 Å². The first-order valence-corrected chi connectivity index (χ1v) is 5.83. The SMILES string of the molecule is CC1OCCC1N[C@H]1CCCC[C@@H]1O. The molecule has 1 saturated carbocycles. The lowest BCUT2D eigenvalue weighted by atomic mass is 9.91. The molecule has 0 aromatic carbocycles. The second-order valence-corrected chi connectivity index (χ2v) is 4.60. The van der Waals surface area contributed by atoms with Crippen molar-refractivity contribution in [3.05, 3.63) is 0 Å². The van der Waals surface area contributed by atoms with Crippen LogP contribution in [0.25, 0.3) is 0 Å². The van der Waals surface area contributed by atoms with Gasteiger partial charge in [0.25, 0.3) is 0 Å². The molecular formula is C11H21NO2. The molecule has 0 aromatic rings. The first-order chi connectivity index (χ1) is 6.77. The first-order valence-electron chi connectivity index (χ1n) is 5.83. The maximum absolute atomic E-state index is 9.81. The van der Waals surface area contributed by atoms with Crippen LogP contribution in [0.1, 0.15) is 39.0 Å². The normalized spacial score (nSPS) is 44.1. The Hall–Kier alpha value is -0.120. The van der Waals surface area contributed by atoms with Gasteiger partial charge in [-0.3, -0.25) is 0 Å². The Bertz CT molecular complexity index is 186. The van der Waals surface area contributed by atoms with Gasteiger partial charge in [0.05, 0.1) is 12.2 Å². The number of hydrogen-bond donors (Lipinski definition) is 2. The standard InChI is InChI=1S/C11H21NO2/c1-8-9(6-7-14-8)12-10-4-2-3-5-11(10)13/h8-13H,2-7H2,1H3/t8?,9?,10-,11-/m0/s1. The Balaban J connectivity index is 1.83. The summed E-state index contributed by atoms with van der Waals surface area (Å²) in [7, 11) is 0. The molecule has 3 nitrogen and oxygen atoms in total. The van der Waals surface area contributed by atoms with Crippen molar-refractivity contribution in [1.29, 1.82) is 0 Å². The van der Waals surface area contributed by atoms with E-state index in [1.165, 1.54) is 12.8 Å². The molecule has 1 saturated heterocycles. The second-order valence-electron chi connectivity index (χ2n) is 4.60. The molecule has 2 fully saturated rings. The monoisotopic (exact) mass is 199 g/mol. The molecule has 14 heavy (non-hydrogen) atoms. The van der Waals surface area contributed by atoms with Crippen LogP contribution in [0.5, 0.6) is 0 Å². The van der Waals surface area contributed by atoms with Crippen LogP contribution >= 0.6 is 0 Å². The largest absolute Gasteiger partial charge is 0.392 e. The van der Waals surface area contributed by atoms with E-state index in [0.29, 0.717) is 18.2 Å². The van der Waals surface area contributed by atoms with E-state index in [1.807, 2.05) is 0 Å². The fourth-order valence-corrected chi connectivity index (χ4v) is 2.53. The van der Waals surface area contributed by atoms with Gasteiger partial charge in [0, 0.05) is 18.7 Å². The molecule has 0 aromatic heterocycles. The van der Waals surface area contributed by atoms with Gasteiger partial charge in [-0.25, -0.2) is 0 Å². The van der Waals surface area contributed by atoms with Crippen LogP contribution < -0.4 is 5.32 Å². The predicted octanol–water partition coefficient (Wildman–Crippen LogP) is 1.06. The molecule has 4 atom stereocenters. The lowest BCUT2D eigenvalue weighted by Gasteiger charge is -2.31. The van der Waals surface area contributed by atoms with Crippen molar-refractivity contribution in [3.63, 3.8) is 0 Å². The number of aliphatic hydroxyl groups is 1. The predicted molar refractivity (Wildman–Crippen MR) is 55.2 cm³/mol. The Morgan fingerprint density at radius 3 is 2.57 bits per heavy atom. The lowest BCUT2D eigenvalue weighted by molar-refractivity contribution is 0.0694. The molecule has 1 aliphatic carbocycles. The van der Waals surface area contributed by atoms with Gasteiger partial charge in [0.2, 0.25) is 0 Å². The zero-order chi connectivity index (χ0) is 9.97. The van der Waals surface area contributed by atoms with Gasteiger partial charge < -0.3 is 15.2 Å². The van der Waals surface area contributed by atoms with Crippen molar-refractivity contribution < 1.29 is 9.84 Å². The molecule has 2 N–H and O–H groups in total. The van der Waals surface area contributed by atoms with Crippen molar-refractivity contribution >= 4 is 0 Å². The summed E-state index contributed by atoms with van der Waals surface area (Å²) < 4.78 is 5.50. The van der Waals surface area contributed by atoms with Gasteiger partial charge in [0.1, 0.15) is 0 Å². The molecule has 2 rings (SSSR count). The van der Waals surface area contributed by atoms with Gasteiger partial charge in [-0.2, -0.15) is 0 Å². The minimum atomic E-state index is -0.142. The summed E-state index contributed by atoms with van der Waals surface area (Å²) in [6.45, 7) is 2.97. The highest BCUT2D eigenvalue weighted by Gasteiger charge is 2.30. The van der Waals surface area contributed by atoms with Gasteiger partial charge >= 0.3 is 0 Å². The van der Waals surface area contributed by atoms with E-state index in [1.54, 1.807) is 0 Å². The topological polar surface area (TPSA) is 41.5 Å². The number of aliphatic hydroxyl groups excluding tert-OH is 1. The summed E-state index contributed by atoms with van der Waals surface area (Å²) >= 11 is 0. The minimum Gasteiger partial charge on any atom is -0.392 e. The molecule has 0 amide bonds. The summed E-state index contributed by atoms with van der Waals surface area (Å²) in [5, 5.41) is 13.4. The van der Waals surface area contributed by atoms with Crippen LogP contribution in [-0.2, 0) is 4.74 Å². The second kappa shape index (κ2) is 4.60. The fourth-order valence-electron chi connectivity index (χ4n) is 2.53. The van der Waals surface area contributed by atoms with Gasteiger partial charge in [0.15, 0.2) is 0 Å². The van der Waals surface area contributed by atoms with Crippen LogP contribution in [0, 0.1) is 0 Å². The summed E-state index contributed by atoms with van der Waals surface area (Å²) in [5.41, 5.74) is 0. The van der Waals surface area contributed by atoms with Crippen LogP contribution in [0.3, 0.4) is 0 Å². The maximum atomic E-state index is 9.81. The molecular weight excluding hydrogens is 178 g/mol. The number of rotatable bonds is 2. The van der Waals surface area contributed by atoms with E-state index >= 15 is 0 Å². The highest BCUT2D eigenvalue weighted by Crippen LogP contribution is 2.21. The quantitative estimate of drug-likeness (QED) is 0.698. The highest BCUT2D eigenvalue weighted by atomic mass is 16.5. The van der Waals surface area contributed by atoms with Gasteiger partial charge in [-0.15, -0.1) is 0 Å². The van der Waals surface area contributed by atoms with Crippen molar-refractivity contribution in [2.45, 2.75) is 63.3 Å². The van der Waals surface area contributed by atoms with Crippen molar-refractivity contribution in [2.24, 2.45) is 0 Å². The Kier molecular flexibility index (Phi) is 3.42. The molecule has 3 heteroatoms. The summed E-state index contributed by atoms with van der Waals surface area (Å²) in [6, 6.07) is 0.755. The van der Waals surface area contributed by atoms with Crippen LogP contribution in [0.4, 0.5) is 0 Å². The summed E-state index contributed by atoms with van der Waals surface area (Å²) in [4.78, 5) is 0. The summed E-state index contributed by atoms with van der Waals surface area (Å²) in [6.07, 6.45) is 5.75.